The van der Waals surface area contributed by atoms with Gasteiger partial charge >= 0.3 is 0 Å². The largest absolute Gasteiger partial charge is 0.481 e. The van der Waals surface area contributed by atoms with Crippen LogP contribution in [0.4, 0.5) is 5.82 Å². The van der Waals surface area contributed by atoms with Crippen molar-refractivity contribution in [3.05, 3.63) is 48.5 Å². The highest BCUT2D eigenvalue weighted by molar-refractivity contribution is 7.92. The lowest BCUT2D eigenvalue weighted by atomic mass is 10.5. The number of sulfonamides is 1. The van der Waals surface area contributed by atoms with E-state index >= 15 is 0 Å². The SMILES string of the molecule is COc1ccc(S(=O)(=O)Nc2cc(C)nn2-c2ncccn2)cn1. The molecule has 0 aliphatic carbocycles. The Labute approximate surface area is 138 Å². The number of hydrogen-bond acceptors (Lipinski definition) is 7. The van der Waals surface area contributed by atoms with Crippen molar-refractivity contribution in [3.63, 3.8) is 0 Å². The first-order valence-corrected chi connectivity index (χ1v) is 8.35. The zero-order valence-corrected chi connectivity index (χ0v) is 13.7. The summed E-state index contributed by atoms with van der Waals surface area (Å²) in [7, 11) is -2.39. The van der Waals surface area contributed by atoms with Crippen molar-refractivity contribution in [2.45, 2.75) is 11.8 Å². The van der Waals surface area contributed by atoms with Crippen LogP contribution in [-0.2, 0) is 10.0 Å². The average Bonchev–Trinajstić information content (AvgIpc) is 2.95. The molecule has 0 unspecified atom stereocenters. The van der Waals surface area contributed by atoms with E-state index in [-0.39, 0.29) is 16.7 Å². The molecule has 0 atom stereocenters. The summed E-state index contributed by atoms with van der Waals surface area (Å²) in [5, 5.41) is 4.22. The second kappa shape index (κ2) is 6.24. The van der Waals surface area contributed by atoms with E-state index in [1.54, 1.807) is 31.5 Å². The first-order chi connectivity index (χ1) is 11.5. The summed E-state index contributed by atoms with van der Waals surface area (Å²) in [6.45, 7) is 1.74. The van der Waals surface area contributed by atoms with Crippen LogP contribution in [0.2, 0.25) is 0 Å². The van der Waals surface area contributed by atoms with Gasteiger partial charge in [0.05, 0.1) is 19.0 Å². The van der Waals surface area contributed by atoms with Crippen molar-refractivity contribution in [1.29, 1.82) is 0 Å². The zero-order chi connectivity index (χ0) is 17.2. The molecule has 3 rings (SSSR count). The normalized spacial score (nSPS) is 11.2. The summed E-state index contributed by atoms with van der Waals surface area (Å²) in [5.41, 5.74) is 0.619. The molecule has 124 valence electrons. The summed E-state index contributed by atoms with van der Waals surface area (Å²) in [6, 6.07) is 6.12. The summed E-state index contributed by atoms with van der Waals surface area (Å²) >= 11 is 0. The van der Waals surface area contributed by atoms with Gasteiger partial charge in [-0.05, 0) is 19.1 Å². The lowest BCUT2D eigenvalue weighted by Crippen LogP contribution is -2.17. The van der Waals surface area contributed by atoms with Gasteiger partial charge in [-0.2, -0.15) is 9.78 Å². The molecule has 0 spiro atoms. The molecule has 0 amide bonds. The van der Waals surface area contributed by atoms with Crippen LogP contribution >= 0.6 is 0 Å². The van der Waals surface area contributed by atoms with Gasteiger partial charge < -0.3 is 4.74 Å². The summed E-state index contributed by atoms with van der Waals surface area (Å²) < 4.78 is 33.8. The molecule has 0 aliphatic heterocycles. The highest BCUT2D eigenvalue weighted by Crippen LogP contribution is 2.19. The highest BCUT2D eigenvalue weighted by Gasteiger charge is 2.19. The van der Waals surface area contributed by atoms with Crippen LogP contribution in [0.3, 0.4) is 0 Å². The second-order valence-electron chi connectivity index (χ2n) is 4.77. The number of aromatic nitrogens is 5. The van der Waals surface area contributed by atoms with E-state index in [9.17, 15) is 8.42 Å². The molecule has 1 N–H and O–H groups in total. The molecule has 3 aromatic rings. The van der Waals surface area contributed by atoms with Crippen LogP contribution in [-0.4, -0.2) is 40.3 Å². The standard InChI is InChI=1S/C14H14N6O3S/c1-10-8-12(20(18-10)14-15-6-3-7-16-14)19-24(21,22)11-4-5-13(23-2)17-9-11/h3-9,19H,1-2H3. The maximum atomic E-state index is 12.5. The van der Waals surface area contributed by atoms with Gasteiger partial charge in [-0.25, -0.2) is 23.4 Å². The molecule has 24 heavy (non-hydrogen) atoms. The average molecular weight is 346 g/mol. The molecule has 0 saturated heterocycles. The number of anilines is 1. The summed E-state index contributed by atoms with van der Waals surface area (Å²) in [4.78, 5) is 12.1. The number of pyridine rings is 1. The van der Waals surface area contributed by atoms with Crippen LogP contribution < -0.4 is 9.46 Å². The van der Waals surface area contributed by atoms with E-state index in [0.717, 1.165) is 0 Å². The molecule has 3 aromatic heterocycles. The number of nitrogens with zero attached hydrogens (tertiary/aromatic N) is 5. The molecule has 0 radical (unpaired) electrons. The van der Waals surface area contributed by atoms with Crippen LogP contribution in [0.25, 0.3) is 5.95 Å². The van der Waals surface area contributed by atoms with Gasteiger partial charge in [-0.15, -0.1) is 0 Å². The molecule has 0 aromatic carbocycles. The molecule has 0 bridgehead atoms. The fourth-order valence-corrected chi connectivity index (χ4v) is 2.95. The number of ether oxygens (including phenoxy) is 1. The maximum absolute atomic E-state index is 12.5. The minimum atomic E-state index is -3.84. The van der Waals surface area contributed by atoms with Crippen molar-refractivity contribution in [3.8, 4) is 11.8 Å². The third kappa shape index (κ3) is 3.18. The number of aryl methyl sites for hydroxylation is 1. The topological polar surface area (TPSA) is 112 Å². The number of methoxy groups -OCH3 is 1. The molecule has 9 nitrogen and oxygen atoms in total. The molecule has 0 aliphatic rings. The monoisotopic (exact) mass is 346 g/mol. The predicted molar refractivity (Wildman–Crippen MR) is 85.5 cm³/mol. The van der Waals surface area contributed by atoms with Crippen LogP contribution in [0.1, 0.15) is 5.69 Å². The van der Waals surface area contributed by atoms with E-state index < -0.39 is 10.0 Å². The van der Waals surface area contributed by atoms with Crippen molar-refractivity contribution in [2.24, 2.45) is 0 Å². The van der Waals surface area contributed by atoms with E-state index in [0.29, 0.717) is 11.6 Å². The van der Waals surface area contributed by atoms with Gasteiger partial charge in [-0.1, -0.05) is 0 Å². The number of rotatable bonds is 5. The minimum absolute atomic E-state index is 0.00248. The molecule has 0 fully saturated rings. The van der Waals surface area contributed by atoms with Crippen LogP contribution in [0.5, 0.6) is 5.88 Å². The molecular formula is C14H14N6O3S. The predicted octanol–water partition coefficient (Wildman–Crippen LogP) is 1.18. The number of nitrogens with one attached hydrogen (secondary N) is 1. The van der Waals surface area contributed by atoms with E-state index in [1.165, 1.54) is 30.1 Å². The first-order valence-electron chi connectivity index (χ1n) is 6.86. The maximum Gasteiger partial charge on any atom is 0.264 e. The van der Waals surface area contributed by atoms with Gasteiger partial charge in [0.2, 0.25) is 5.88 Å². The minimum Gasteiger partial charge on any atom is -0.481 e. The quantitative estimate of drug-likeness (QED) is 0.738. The van der Waals surface area contributed by atoms with Crippen molar-refractivity contribution < 1.29 is 13.2 Å². The Morgan fingerprint density at radius 1 is 1.17 bits per heavy atom. The van der Waals surface area contributed by atoms with Crippen LogP contribution in [0, 0.1) is 6.92 Å². The Balaban J connectivity index is 1.95. The third-order valence-electron chi connectivity index (χ3n) is 3.04. The fourth-order valence-electron chi connectivity index (χ4n) is 1.97. The van der Waals surface area contributed by atoms with Gasteiger partial charge in [0.1, 0.15) is 10.7 Å². The summed E-state index contributed by atoms with van der Waals surface area (Å²) in [5.74, 6) is 0.818. The smallest absolute Gasteiger partial charge is 0.264 e. The Hall–Kier alpha value is -3.01. The lowest BCUT2D eigenvalue weighted by Gasteiger charge is -2.09. The molecule has 3 heterocycles. The van der Waals surface area contributed by atoms with Gasteiger partial charge in [0.15, 0.2) is 0 Å². The van der Waals surface area contributed by atoms with Crippen molar-refractivity contribution in [1.82, 2.24) is 24.7 Å². The van der Waals surface area contributed by atoms with Crippen molar-refractivity contribution >= 4 is 15.8 Å². The molecule has 0 saturated carbocycles. The Morgan fingerprint density at radius 3 is 2.54 bits per heavy atom. The Morgan fingerprint density at radius 2 is 1.92 bits per heavy atom. The summed E-state index contributed by atoms with van der Waals surface area (Å²) in [6.07, 6.45) is 4.31. The number of hydrogen-bond donors (Lipinski definition) is 1. The van der Waals surface area contributed by atoms with Crippen LogP contribution in [0.15, 0.2) is 47.8 Å². The highest BCUT2D eigenvalue weighted by atomic mass is 32.2. The van der Waals surface area contributed by atoms with E-state index in [2.05, 4.69) is 24.8 Å². The van der Waals surface area contributed by atoms with Crippen molar-refractivity contribution in [2.75, 3.05) is 11.8 Å². The Kier molecular flexibility index (Phi) is 4.13. The Bertz CT molecular complexity index is 938. The van der Waals surface area contributed by atoms with E-state index in [4.69, 9.17) is 4.74 Å². The van der Waals surface area contributed by atoms with Gasteiger partial charge in [0.25, 0.3) is 16.0 Å². The fraction of sp³-hybridized carbons (Fsp3) is 0.143. The van der Waals surface area contributed by atoms with E-state index in [1.807, 2.05) is 0 Å². The van der Waals surface area contributed by atoms with Gasteiger partial charge in [-0.3, -0.25) is 4.72 Å². The molecular weight excluding hydrogens is 332 g/mol. The third-order valence-corrected chi connectivity index (χ3v) is 4.38. The zero-order valence-electron chi connectivity index (χ0n) is 12.9. The molecule has 10 heteroatoms. The van der Waals surface area contributed by atoms with Gasteiger partial charge in [0, 0.05) is 24.5 Å². The first kappa shape index (κ1) is 15.9. The lowest BCUT2D eigenvalue weighted by molar-refractivity contribution is 0.397. The second-order valence-corrected chi connectivity index (χ2v) is 6.46.